The zero-order valence-electron chi connectivity index (χ0n) is 12.4. The van der Waals surface area contributed by atoms with Gasteiger partial charge in [-0.3, -0.25) is 14.6 Å². The monoisotopic (exact) mass is 335 g/mol. The summed E-state index contributed by atoms with van der Waals surface area (Å²) in [5.41, 5.74) is 0.0873. The third-order valence-electron chi connectivity index (χ3n) is 3.27. The first-order valence-corrected chi connectivity index (χ1v) is 6.86. The number of hydrogen-bond acceptors (Lipinski definition) is 3. The van der Waals surface area contributed by atoms with Crippen LogP contribution in [0.1, 0.15) is 16.1 Å². The van der Waals surface area contributed by atoms with Gasteiger partial charge in [-0.05, 0) is 18.2 Å². The first-order valence-electron chi connectivity index (χ1n) is 6.86. The zero-order valence-corrected chi connectivity index (χ0v) is 12.4. The van der Waals surface area contributed by atoms with Gasteiger partial charge in [-0.1, -0.05) is 12.1 Å². The van der Waals surface area contributed by atoms with Gasteiger partial charge >= 0.3 is 6.18 Å². The smallest absolute Gasteiger partial charge is 0.322 e. The quantitative estimate of drug-likeness (QED) is 0.772. The fourth-order valence-corrected chi connectivity index (χ4v) is 2.24. The van der Waals surface area contributed by atoms with Crippen molar-refractivity contribution in [1.29, 1.82) is 0 Å². The van der Waals surface area contributed by atoms with Crippen LogP contribution in [0.5, 0.6) is 0 Å². The van der Waals surface area contributed by atoms with Gasteiger partial charge in [-0.2, -0.15) is 23.4 Å². The summed E-state index contributed by atoms with van der Waals surface area (Å²) in [5.74, 6) is -0.878. The van der Waals surface area contributed by atoms with E-state index in [1.54, 1.807) is 36.5 Å². The molecule has 124 valence electrons. The molecule has 0 unspecified atom stereocenters. The van der Waals surface area contributed by atoms with Crippen molar-refractivity contribution in [2.24, 2.45) is 7.05 Å². The van der Waals surface area contributed by atoms with Crippen molar-refractivity contribution in [1.82, 2.24) is 20.0 Å². The van der Waals surface area contributed by atoms with Crippen LogP contribution in [-0.4, -0.2) is 25.9 Å². The number of amides is 1. The molecule has 0 aliphatic carbocycles. The summed E-state index contributed by atoms with van der Waals surface area (Å²) in [7, 11) is 1.32. The van der Waals surface area contributed by atoms with Crippen LogP contribution in [0.3, 0.4) is 0 Å². The van der Waals surface area contributed by atoms with E-state index in [9.17, 15) is 18.0 Å². The summed E-state index contributed by atoms with van der Waals surface area (Å²) in [6.45, 7) is 0. The SMILES string of the molecule is Cn1cc(C(=O)Nc2cccc(-c3ccn[nH]3)c2)c(C(F)(F)F)n1. The molecule has 9 heteroatoms. The third kappa shape index (κ3) is 3.14. The van der Waals surface area contributed by atoms with Crippen LogP contribution in [0.15, 0.2) is 42.7 Å². The van der Waals surface area contributed by atoms with Gasteiger partial charge in [0.2, 0.25) is 0 Å². The lowest BCUT2D eigenvalue weighted by atomic mass is 10.1. The second-order valence-electron chi connectivity index (χ2n) is 5.07. The van der Waals surface area contributed by atoms with Gasteiger partial charge in [0, 0.05) is 30.7 Å². The van der Waals surface area contributed by atoms with Gasteiger partial charge < -0.3 is 5.32 Å². The number of carbonyl (C=O) groups excluding carboxylic acids is 1. The number of nitrogens with one attached hydrogen (secondary N) is 2. The molecule has 3 rings (SSSR count). The van der Waals surface area contributed by atoms with Crippen LogP contribution in [0.2, 0.25) is 0 Å². The van der Waals surface area contributed by atoms with E-state index in [2.05, 4.69) is 20.6 Å². The molecule has 2 aromatic heterocycles. The summed E-state index contributed by atoms with van der Waals surface area (Å²) < 4.78 is 39.8. The molecule has 2 heterocycles. The number of aromatic amines is 1. The van der Waals surface area contributed by atoms with E-state index in [1.807, 2.05) is 0 Å². The molecule has 0 aliphatic heterocycles. The minimum absolute atomic E-state index is 0.365. The van der Waals surface area contributed by atoms with E-state index < -0.39 is 23.3 Å². The first-order chi connectivity index (χ1) is 11.3. The molecule has 0 radical (unpaired) electrons. The van der Waals surface area contributed by atoms with Gasteiger partial charge in [0.15, 0.2) is 5.69 Å². The minimum Gasteiger partial charge on any atom is -0.322 e. The fourth-order valence-electron chi connectivity index (χ4n) is 2.24. The summed E-state index contributed by atoms with van der Waals surface area (Å²) in [6.07, 6.45) is -2.09. The Labute approximate surface area is 134 Å². The number of aryl methyl sites for hydroxylation is 1. The highest BCUT2D eigenvalue weighted by atomic mass is 19.4. The van der Waals surface area contributed by atoms with Crippen molar-refractivity contribution < 1.29 is 18.0 Å². The van der Waals surface area contributed by atoms with Gasteiger partial charge in [0.25, 0.3) is 5.91 Å². The van der Waals surface area contributed by atoms with Crippen LogP contribution in [0.25, 0.3) is 11.3 Å². The number of anilines is 1. The number of aromatic nitrogens is 4. The molecule has 0 saturated heterocycles. The second-order valence-corrected chi connectivity index (χ2v) is 5.07. The Morgan fingerprint density at radius 1 is 1.29 bits per heavy atom. The molecule has 2 N–H and O–H groups in total. The van der Waals surface area contributed by atoms with Crippen LogP contribution >= 0.6 is 0 Å². The zero-order chi connectivity index (χ0) is 17.3. The lowest BCUT2D eigenvalue weighted by Crippen LogP contribution is -2.17. The maximum absolute atomic E-state index is 12.9. The molecule has 0 atom stereocenters. The van der Waals surface area contributed by atoms with Crippen LogP contribution in [0.4, 0.5) is 18.9 Å². The molecule has 0 aliphatic rings. The molecule has 1 aromatic carbocycles. The van der Waals surface area contributed by atoms with Gasteiger partial charge in [-0.25, -0.2) is 0 Å². The Bertz CT molecular complexity index is 868. The van der Waals surface area contributed by atoms with Crippen LogP contribution < -0.4 is 5.32 Å². The van der Waals surface area contributed by atoms with E-state index in [0.29, 0.717) is 5.69 Å². The number of halogens is 3. The van der Waals surface area contributed by atoms with Crippen molar-refractivity contribution in [2.75, 3.05) is 5.32 Å². The first kappa shape index (κ1) is 15.8. The third-order valence-corrected chi connectivity index (χ3v) is 3.27. The van der Waals surface area contributed by atoms with Gasteiger partial charge in [-0.15, -0.1) is 0 Å². The summed E-state index contributed by atoms with van der Waals surface area (Å²) >= 11 is 0. The molecular formula is C15H12F3N5O. The molecule has 6 nitrogen and oxygen atoms in total. The predicted octanol–water partition coefficient (Wildman–Crippen LogP) is 3.08. The van der Waals surface area contributed by atoms with E-state index in [0.717, 1.165) is 22.1 Å². The Morgan fingerprint density at radius 2 is 2.08 bits per heavy atom. The van der Waals surface area contributed by atoms with Crippen LogP contribution in [-0.2, 0) is 13.2 Å². The van der Waals surface area contributed by atoms with Crippen molar-refractivity contribution >= 4 is 11.6 Å². The molecule has 1 amide bonds. The standard InChI is InChI=1S/C15H12F3N5O/c1-23-8-11(13(22-23)15(16,17)18)14(24)20-10-4-2-3-9(7-10)12-5-6-19-21-12/h2-8H,1H3,(H,19,21)(H,20,24). The average molecular weight is 335 g/mol. The van der Waals surface area contributed by atoms with Gasteiger partial charge in [0.05, 0.1) is 11.3 Å². The summed E-state index contributed by atoms with van der Waals surface area (Å²) in [4.78, 5) is 12.2. The summed E-state index contributed by atoms with van der Waals surface area (Å²) in [5, 5.41) is 12.4. The number of hydrogen-bond donors (Lipinski definition) is 2. The molecule has 3 aromatic rings. The van der Waals surface area contributed by atoms with Crippen molar-refractivity contribution in [3.63, 3.8) is 0 Å². The Balaban J connectivity index is 1.87. The number of benzene rings is 1. The van der Waals surface area contributed by atoms with E-state index in [1.165, 1.54) is 7.05 Å². The maximum Gasteiger partial charge on any atom is 0.435 e. The van der Waals surface area contributed by atoms with E-state index in [-0.39, 0.29) is 0 Å². The Morgan fingerprint density at radius 3 is 2.75 bits per heavy atom. The molecule has 0 fully saturated rings. The maximum atomic E-state index is 12.9. The fraction of sp³-hybridized carbons (Fsp3) is 0.133. The van der Waals surface area contributed by atoms with E-state index >= 15 is 0 Å². The Hall–Kier alpha value is -3.10. The molecule has 0 bridgehead atoms. The average Bonchev–Trinajstić information content (AvgIpc) is 3.16. The number of nitrogens with zero attached hydrogens (tertiary/aromatic N) is 3. The highest BCUT2D eigenvalue weighted by molar-refractivity contribution is 6.05. The number of carbonyl (C=O) groups is 1. The highest BCUT2D eigenvalue weighted by Gasteiger charge is 2.39. The molecule has 0 saturated carbocycles. The minimum atomic E-state index is -4.70. The summed E-state index contributed by atoms with van der Waals surface area (Å²) in [6, 6.07) is 8.42. The number of alkyl halides is 3. The number of H-pyrrole nitrogens is 1. The second kappa shape index (κ2) is 5.84. The van der Waals surface area contributed by atoms with Crippen molar-refractivity contribution in [3.8, 4) is 11.3 Å². The van der Waals surface area contributed by atoms with Crippen molar-refractivity contribution in [3.05, 3.63) is 54.0 Å². The van der Waals surface area contributed by atoms with Gasteiger partial charge in [0.1, 0.15) is 0 Å². The molecular weight excluding hydrogens is 323 g/mol. The topological polar surface area (TPSA) is 75.6 Å². The van der Waals surface area contributed by atoms with E-state index in [4.69, 9.17) is 0 Å². The van der Waals surface area contributed by atoms with Crippen LogP contribution in [0, 0.1) is 0 Å². The predicted molar refractivity (Wildman–Crippen MR) is 80.2 cm³/mol. The normalized spacial score (nSPS) is 11.5. The highest BCUT2D eigenvalue weighted by Crippen LogP contribution is 2.31. The number of rotatable bonds is 3. The lowest BCUT2D eigenvalue weighted by Gasteiger charge is -2.08. The molecule has 24 heavy (non-hydrogen) atoms. The largest absolute Gasteiger partial charge is 0.435 e. The lowest BCUT2D eigenvalue weighted by molar-refractivity contribution is -0.141. The van der Waals surface area contributed by atoms with Crippen molar-refractivity contribution in [2.45, 2.75) is 6.18 Å². The Kier molecular flexibility index (Phi) is 3.84. The molecule has 0 spiro atoms.